The lowest BCUT2D eigenvalue weighted by Crippen LogP contribution is -2.48. The number of carbonyl (C=O) groups excluding carboxylic acids is 2. The first kappa shape index (κ1) is 12.4. The molecule has 0 aliphatic carbocycles. The molecule has 0 unspecified atom stereocenters. The third-order valence-corrected chi connectivity index (χ3v) is 2.38. The minimum Gasteiger partial charge on any atom is -0.480 e. The fraction of sp³-hybridized carbons (Fsp3) is 0.667. The Balaban J connectivity index is 2.37. The van der Waals surface area contributed by atoms with E-state index in [-0.39, 0.29) is 24.7 Å². The number of carboxylic acid groups (broad SMARTS) is 1. The van der Waals surface area contributed by atoms with E-state index in [2.05, 4.69) is 10.6 Å². The normalized spacial score (nSPS) is 17.2. The Hall–Kier alpha value is -1.63. The molecule has 0 saturated carbocycles. The van der Waals surface area contributed by atoms with Gasteiger partial charge in [0.25, 0.3) is 0 Å². The second-order valence-electron chi connectivity index (χ2n) is 3.86. The maximum absolute atomic E-state index is 11.4. The summed E-state index contributed by atoms with van der Waals surface area (Å²) in [5, 5.41) is 14.0. The number of primary amides is 1. The van der Waals surface area contributed by atoms with Crippen LogP contribution in [-0.4, -0.2) is 42.0 Å². The van der Waals surface area contributed by atoms with Crippen molar-refractivity contribution in [3.63, 3.8) is 0 Å². The highest BCUT2D eigenvalue weighted by Gasteiger charge is 2.25. The highest BCUT2D eigenvalue weighted by Crippen LogP contribution is 2.08. The van der Waals surface area contributed by atoms with Crippen LogP contribution < -0.4 is 16.4 Å². The number of rotatable bonds is 6. The zero-order chi connectivity index (χ0) is 12.1. The molecule has 2 amide bonds. The van der Waals surface area contributed by atoms with E-state index in [1.807, 2.05) is 0 Å². The molecule has 7 nitrogen and oxygen atoms in total. The van der Waals surface area contributed by atoms with Crippen molar-refractivity contribution in [1.82, 2.24) is 10.6 Å². The van der Waals surface area contributed by atoms with Gasteiger partial charge in [-0.2, -0.15) is 0 Å². The van der Waals surface area contributed by atoms with Crippen LogP contribution in [0.25, 0.3) is 0 Å². The summed E-state index contributed by atoms with van der Waals surface area (Å²) in [6.45, 7) is 1.53. The Morgan fingerprint density at radius 1 is 1.44 bits per heavy atom. The minimum absolute atomic E-state index is 0.253. The molecule has 5 N–H and O–H groups in total. The second kappa shape index (κ2) is 5.45. The number of carbonyl (C=O) groups is 3. The standard InChI is InChI=1S/C9H15N3O4/c10-7(13)2-6(9(15)16)12-8(14)1-5-3-11-4-5/h5-6,11H,1-4H2,(H2,10,13)(H,12,14)(H,15,16)/t6-/m0/s1. The first-order chi connectivity index (χ1) is 7.49. The van der Waals surface area contributed by atoms with Crippen LogP contribution in [0.4, 0.5) is 0 Å². The van der Waals surface area contributed by atoms with Crippen molar-refractivity contribution in [2.45, 2.75) is 18.9 Å². The Morgan fingerprint density at radius 3 is 2.44 bits per heavy atom. The summed E-state index contributed by atoms with van der Waals surface area (Å²) in [6, 6.07) is -1.22. The van der Waals surface area contributed by atoms with Gasteiger partial charge in [0.05, 0.1) is 6.42 Å². The molecule has 0 aromatic carbocycles. The molecule has 16 heavy (non-hydrogen) atoms. The predicted octanol–water partition coefficient (Wildman–Crippen LogP) is -1.96. The highest BCUT2D eigenvalue weighted by atomic mass is 16.4. The van der Waals surface area contributed by atoms with Crippen molar-refractivity contribution in [3.05, 3.63) is 0 Å². The van der Waals surface area contributed by atoms with Gasteiger partial charge in [0.2, 0.25) is 11.8 Å². The maximum atomic E-state index is 11.4. The molecule has 1 aliphatic heterocycles. The largest absolute Gasteiger partial charge is 0.480 e. The van der Waals surface area contributed by atoms with Gasteiger partial charge < -0.3 is 21.5 Å². The molecule has 0 aromatic heterocycles. The van der Waals surface area contributed by atoms with E-state index in [1.54, 1.807) is 0 Å². The molecular formula is C9H15N3O4. The lowest BCUT2D eigenvalue weighted by molar-refractivity contribution is -0.143. The number of carboxylic acids is 1. The topological polar surface area (TPSA) is 122 Å². The summed E-state index contributed by atoms with van der Waals surface area (Å²) in [7, 11) is 0. The summed E-state index contributed by atoms with van der Waals surface area (Å²) in [4.78, 5) is 32.7. The monoisotopic (exact) mass is 229 g/mol. The summed E-state index contributed by atoms with van der Waals surface area (Å²) < 4.78 is 0. The van der Waals surface area contributed by atoms with Gasteiger partial charge >= 0.3 is 5.97 Å². The summed E-state index contributed by atoms with van der Waals surface area (Å²) in [5.41, 5.74) is 4.88. The maximum Gasteiger partial charge on any atom is 0.326 e. The number of nitrogens with one attached hydrogen (secondary N) is 2. The number of aliphatic carboxylic acids is 1. The van der Waals surface area contributed by atoms with E-state index in [9.17, 15) is 14.4 Å². The van der Waals surface area contributed by atoms with Crippen molar-refractivity contribution >= 4 is 17.8 Å². The van der Waals surface area contributed by atoms with E-state index in [0.29, 0.717) is 0 Å². The van der Waals surface area contributed by atoms with Crippen LogP contribution in [0.1, 0.15) is 12.8 Å². The first-order valence-corrected chi connectivity index (χ1v) is 5.00. The molecule has 0 aromatic rings. The Labute approximate surface area is 92.4 Å². The van der Waals surface area contributed by atoms with Gasteiger partial charge in [-0.05, 0) is 19.0 Å². The number of amides is 2. The molecule has 1 atom stereocenters. The molecule has 1 fully saturated rings. The van der Waals surface area contributed by atoms with Gasteiger partial charge in [0.1, 0.15) is 6.04 Å². The van der Waals surface area contributed by atoms with Crippen LogP contribution in [0, 0.1) is 5.92 Å². The van der Waals surface area contributed by atoms with Crippen LogP contribution in [0.3, 0.4) is 0 Å². The first-order valence-electron chi connectivity index (χ1n) is 5.00. The van der Waals surface area contributed by atoms with Crippen LogP contribution in [-0.2, 0) is 14.4 Å². The zero-order valence-electron chi connectivity index (χ0n) is 8.73. The van der Waals surface area contributed by atoms with Gasteiger partial charge in [-0.3, -0.25) is 9.59 Å². The van der Waals surface area contributed by atoms with E-state index in [4.69, 9.17) is 10.8 Å². The van der Waals surface area contributed by atoms with Crippen molar-refractivity contribution < 1.29 is 19.5 Å². The van der Waals surface area contributed by atoms with E-state index in [0.717, 1.165) is 13.1 Å². The zero-order valence-corrected chi connectivity index (χ0v) is 8.73. The quantitative estimate of drug-likeness (QED) is 0.421. The predicted molar refractivity (Wildman–Crippen MR) is 54.4 cm³/mol. The summed E-state index contributed by atoms with van der Waals surface area (Å²) in [6.07, 6.45) is -0.112. The third kappa shape index (κ3) is 3.85. The van der Waals surface area contributed by atoms with Crippen LogP contribution in [0.5, 0.6) is 0 Å². The Kier molecular flexibility index (Phi) is 4.24. The molecular weight excluding hydrogens is 214 g/mol. The van der Waals surface area contributed by atoms with Crippen molar-refractivity contribution in [2.75, 3.05) is 13.1 Å². The lowest BCUT2D eigenvalue weighted by atomic mass is 9.99. The van der Waals surface area contributed by atoms with E-state index >= 15 is 0 Å². The molecule has 7 heteroatoms. The Bertz CT molecular complexity index is 301. The van der Waals surface area contributed by atoms with Gasteiger partial charge in [-0.25, -0.2) is 4.79 Å². The van der Waals surface area contributed by atoms with Gasteiger partial charge in [0, 0.05) is 6.42 Å². The lowest BCUT2D eigenvalue weighted by Gasteiger charge is -2.26. The number of hydrogen-bond acceptors (Lipinski definition) is 4. The van der Waals surface area contributed by atoms with Gasteiger partial charge in [0.15, 0.2) is 0 Å². The fourth-order valence-electron chi connectivity index (χ4n) is 1.41. The minimum atomic E-state index is -1.25. The van der Waals surface area contributed by atoms with E-state index in [1.165, 1.54) is 0 Å². The van der Waals surface area contributed by atoms with E-state index < -0.39 is 17.9 Å². The molecule has 0 bridgehead atoms. The number of nitrogens with two attached hydrogens (primary N) is 1. The van der Waals surface area contributed by atoms with Crippen LogP contribution in [0.2, 0.25) is 0 Å². The van der Waals surface area contributed by atoms with Crippen molar-refractivity contribution in [3.8, 4) is 0 Å². The molecule has 1 rings (SSSR count). The van der Waals surface area contributed by atoms with Crippen molar-refractivity contribution in [2.24, 2.45) is 11.7 Å². The summed E-state index contributed by atoms with van der Waals surface area (Å²) in [5.74, 6) is -2.11. The Morgan fingerprint density at radius 2 is 2.06 bits per heavy atom. The average molecular weight is 229 g/mol. The van der Waals surface area contributed by atoms with Crippen LogP contribution >= 0.6 is 0 Å². The number of hydrogen-bond donors (Lipinski definition) is 4. The fourth-order valence-corrected chi connectivity index (χ4v) is 1.41. The molecule has 1 heterocycles. The molecule has 1 saturated heterocycles. The second-order valence-corrected chi connectivity index (χ2v) is 3.86. The van der Waals surface area contributed by atoms with Gasteiger partial charge in [-0.1, -0.05) is 0 Å². The van der Waals surface area contributed by atoms with Crippen molar-refractivity contribution in [1.29, 1.82) is 0 Å². The summed E-state index contributed by atoms with van der Waals surface area (Å²) >= 11 is 0. The molecule has 1 aliphatic rings. The molecule has 90 valence electrons. The molecule has 0 radical (unpaired) electrons. The average Bonchev–Trinajstić information content (AvgIpc) is 2.09. The third-order valence-electron chi connectivity index (χ3n) is 2.38. The van der Waals surface area contributed by atoms with Crippen LogP contribution in [0.15, 0.2) is 0 Å². The smallest absolute Gasteiger partial charge is 0.326 e. The highest BCUT2D eigenvalue weighted by molar-refractivity contribution is 5.88. The molecule has 0 spiro atoms. The SMILES string of the molecule is NC(=O)C[C@H](NC(=O)CC1CNC1)C(=O)O. The van der Waals surface area contributed by atoms with Gasteiger partial charge in [-0.15, -0.1) is 0 Å².